The zero-order valence-electron chi connectivity index (χ0n) is 14.3. The maximum atomic E-state index is 11.4. The molecule has 7 heteroatoms. The molecule has 6 nitrogen and oxygen atoms in total. The smallest absolute Gasteiger partial charge is 0.292 e. The van der Waals surface area contributed by atoms with Crippen LogP contribution in [0.5, 0.6) is 0 Å². The van der Waals surface area contributed by atoms with Crippen molar-refractivity contribution in [1.82, 2.24) is 4.90 Å². The van der Waals surface area contributed by atoms with Crippen LogP contribution < -0.4 is 4.90 Å². The van der Waals surface area contributed by atoms with Crippen LogP contribution in [0.25, 0.3) is 0 Å². The molecule has 134 valence electrons. The first-order valence-electron chi connectivity index (χ1n) is 8.47. The van der Waals surface area contributed by atoms with E-state index in [9.17, 15) is 10.1 Å². The molecule has 1 fully saturated rings. The van der Waals surface area contributed by atoms with E-state index in [0.29, 0.717) is 17.8 Å². The molecule has 2 aromatic rings. The number of hydrogen-bond donors (Lipinski definition) is 0. The summed E-state index contributed by atoms with van der Waals surface area (Å²) in [5.41, 5.74) is 2.21. The standard InChI is InChI=1S/C19H19ClN4O2/c20-17-5-2-15(3-6-17)14-22-8-1-9-23(11-10-22)19-12-16(13-21)4-7-18(19)24(25)26/h2-7,12H,1,8-11,14H2. The highest BCUT2D eigenvalue weighted by molar-refractivity contribution is 6.30. The molecule has 0 unspecified atom stereocenters. The summed E-state index contributed by atoms with van der Waals surface area (Å²) in [4.78, 5) is 15.3. The molecule has 26 heavy (non-hydrogen) atoms. The molecule has 2 aromatic carbocycles. The zero-order valence-corrected chi connectivity index (χ0v) is 15.0. The molecule has 1 aliphatic rings. The van der Waals surface area contributed by atoms with Crippen molar-refractivity contribution in [1.29, 1.82) is 5.26 Å². The summed E-state index contributed by atoms with van der Waals surface area (Å²) in [5.74, 6) is 0. The number of benzene rings is 2. The van der Waals surface area contributed by atoms with Gasteiger partial charge in [-0.3, -0.25) is 15.0 Å². The third-order valence-corrected chi connectivity index (χ3v) is 4.80. The van der Waals surface area contributed by atoms with Crippen molar-refractivity contribution >= 4 is 23.0 Å². The van der Waals surface area contributed by atoms with Gasteiger partial charge in [-0.25, -0.2) is 0 Å². The lowest BCUT2D eigenvalue weighted by atomic mass is 10.1. The highest BCUT2D eigenvalue weighted by Gasteiger charge is 2.22. The molecule has 0 aliphatic carbocycles. The van der Waals surface area contributed by atoms with E-state index < -0.39 is 0 Å². The van der Waals surface area contributed by atoms with E-state index in [4.69, 9.17) is 16.9 Å². The van der Waals surface area contributed by atoms with Crippen LogP contribution in [0.2, 0.25) is 5.02 Å². The number of nitro benzene ring substituents is 1. The molecule has 1 heterocycles. The molecule has 0 saturated carbocycles. The fraction of sp³-hybridized carbons (Fsp3) is 0.316. The van der Waals surface area contributed by atoms with E-state index in [1.165, 1.54) is 17.7 Å². The number of hydrogen-bond acceptors (Lipinski definition) is 5. The predicted molar refractivity (Wildman–Crippen MR) is 101 cm³/mol. The van der Waals surface area contributed by atoms with Crippen LogP contribution in [0.15, 0.2) is 42.5 Å². The minimum Gasteiger partial charge on any atom is -0.365 e. The number of rotatable bonds is 4. The lowest BCUT2D eigenvalue weighted by molar-refractivity contribution is -0.384. The number of anilines is 1. The Kier molecular flexibility index (Phi) is 5.71. The third kappa shape index (κ3) is 4.31. The average molecular weight is 371 g/mol. The van der Waals surface area contributed by atoms with Crippen molar-refractivity contribution in [3.05, 3.63) is 68.7 Å². The molecule has 0 spiro atoms. The average Bonchev–Trinajstić information content (AvgIpc) is 2.88. The van der Waals surface area contributed by atoms with E-state index >= 15 is 0 Å². The highest BCUT2D eigenvalue weighted by atomic mass is 35.5. The van der Waals surface area contributed by atoms with Gasteiger partial charge in [0, 0.05) is 43.8 Å². The van der Waals surface area contributed by atoms with Crippen molar-refractivity contribution in [3.8, 4) is 6.07 Å². The minimum absolute atomic E-state index is 0.0511. The largest absolute Gasteiger partial charge is 0.365 e. The number of nitro groups is 1. The molecule has 1 saturated heterocycles. The molecule has 3 rings (SSSR count). The van der Waals surface area contributed by atoms with E-state index in [2.05, 4.69) is 11.0 Å². The van der Waals surface area contributed by atoms with Crippen molar-refractivity contribution in [3.63, 3.8) is 0 Å². The van der Waals surface area contributed by atoms with Crippen LogP contribution in [-0.2, 0) is 6.54 Å². The topological polar surface area (TPSA) is 73.4 Å². The zero-order chi connectivity index (χ0) is 18.5. The van der Waals surface area contributed by atoms with Gasteiger partial charge in [-0.2, -0.15) is 5.26 Å². The summed E-state index contributed by atoms with van der Waals surface area (Å²) in [6.07, 6.45) is 0.904. The summed E-state index contributed by atoms with van der Waals surface area (Å²) >= 11 is 5.93. The number of halogens is 1. The molecule has 0 atom stereocenters. The van der Waals surface area contributed by atoms with Crippen LogP contribution in [0.1, 0.15) is 17.5 Å². The van der Waals surface area contributed by atoms with Gasteiger partial charge in [0.2, 0.25) is 0 Å². The van der Waals surface area contributed by atoms with Gasteiger partial charge in [0.05, 0.1) is 16.6 Å². The quantitative estimate of drug-likeness (QED) is 0.604. The van der Waals surface area contributed by atoms with Crippen molar-refractivity contribution < 1.29 is 4.92 Å². The van der Waals surface area contributed by atoms with Crippen LogP contribution in [0, 0.1) is 21.4 Å². The van der Waals surface area contributed by atoms with E-state index in [1.54, 1.807) is 6.07 Å². The molecular formula is C19H19ClN4O2. The summed E-state index contributed by atoms with van der Waals surface area (Å²) in [6.45, 7) is 3.96. The fourth-order valence-electron chi connectivity index (χ4n) is 3.22. The van der Waals surface area contributed by atoms with Gasteiger partial charge in [0.25, 0.3) is 5.69 Å². The lowest BCUT2D eigenvalue weighted by Gasteiger charge is -2.23. The summed E-state index contributed by atoms with van der Waals surface area (Å²) in [6, 6.07) is 14.4. The maximum absolute atomic E-state index is 11.4. The molecule has 0 aromatic heterocycles. The third-order valence-electron chi connectivity index (χ3n) is 4.55. The first-order chi connectivity index (χ1) is 12.6. The molecule has 1 aliphatic heterocycles. The Bertz CT molecular complexity index is 832. The van der Waals surface area contributed by atoms with Crippen LogP contribution in [0.4, 0.5) is 11.4 Å². The normalized spacial score (nSPS) is 15.3. The molecule has 0 radical (unpaired) electrons. The fourth-order valence-corrected chi connectivity index (χ4v) is 3.34. The second-order valence-corrected chi connectivity index (χ2v) is 6.75. The summed E-state index contributed by atoms with van der Waals surface area (Å²) < 4.78 is 0. The Morgan fingerprint density at radius 1 is 1.12 bits per heavy atom. The van der Waals surface area contributed by atoms with Gasteiger partial charge < -0.3 is 4.90 Å². The minimum atomic E-state index is -0.382. The van der Waals surface area contributed by atoms with Crippen LogP contribution >= 0.6 is 11.6 Å². The predicted octanol–water partition coefficient (Wildman–Crippen LogP) is 3.83. The van der Waals surface area contributed by atoms with Gasteiger partial charge in [0.1, 0.15) is 5.69 Å². The molecule has 0 N–H and O–H groups in total. The van der Waals surface area contributed by atoms with Gasteiger partial charge in [-0.1, -0.05) is 23.7 Å². The monoisotopic (exact) mass is 370 g/mol. The Labute approximate surface area is 157 Å². The summed E-state index contributed by atoms with van der Waals surface area (Å²) in [5, 5.41) is 21.2. The molecular weight excluding hydrogens is 352 g/mol. The maximum Gasteiger partial charge on any atom is 0.292 e. The first-order valence-corrected chi connectivity index (χ1v) is 8.85. The van der Waals surface area contributed by atoms with Gasteiger partial charge >= 0.3 is 0 Å². The van der Waals surface area contributed by atoms with Crippen LogP contribution in [0.3, 0.4) is 0 Å². The van der Waals surface area contributed by atoms with E-state index in [1.807, 2.05) is 29.2 Å². The van der Waals surface area contributed by atoms with Crippen molar-refractivity contribution in [2.24, 2.45) is 0 Å². The summed E-state index contributed by atoms with van der Waals surface area (Å²) in [7, 11) is 0. The lowest BCUT2D eigenvalue weighted by Crippen LogP contribution is -2.30. The SMILES string of the molecule is N#Cc1ccc([N+](=O)[O-])c(N2CCCN(Cc3ccc(Cl)cc3)CC2)c1. The second-order valence-electron chi connectivity index (χ2n) is 6.32. The van der Waals surface area contributed by atoms with Crippen LogP contribution in [-0.4, -0.2) is 36.0 Å². The molecule has 0 bridgehead atoms. The van der Waals surface area contributed by atoms with Gasteiger partial charge in [0.15, 0.2) is 0 Å². The Balaban J connectivity index is 1.73. The second kappa shape index (κ2) is 8.17. The number of nitrogens with zero attached hydrogens (tertiary/aromatic N) is 4. The Hall–Kier alpha value is -2.62. The van der Waals surface area contributed by atoms with E-state index in [-0.39, 0.29) is 10.6 Å². The van der Waals surface area contributed by atoms with E-state index in [0.717, 1.165) is 37.6 Å². The Morgan fingerprint density at radius 3 is 2.58 bits per heavy atom. The highest BCUT2D eigenvalue weighted by Crippen LogP contribution is 2.30. The molecule has 0 amide bonds. The van der Waals surface area contributed by atoms with Gasteiger partial charge in [-0.05, 0) is 36.2 Å². The van der Waals surface area contributed by atoms with Crippen molar-refractivity contribution in [2.75, 3.05) is 31.1 Å². The van der Waals surface area contributed by atoms with Gasteiger partial charge in [-0.15, -0.1) is 0 Å². The number of nitriles is 1. The Morgan fingerprint density at radius 2 is 1.88 bits per heavy atom. The van der Waals surface area contributed by atoms with Crippen molar-refractivity contribution in [2.45, 2.75) is 13.0 Å². The first kappa shape index (κ1) is 18.2.